The van der Waals surface area contributed by atoms with Gasteiger partial charge in [0, 0.05) is 21.2 Å². The van der Waals surface area contributed by atoms with Gasteiger partial charge in [-0.15, -0.1) is 0 Å². The lowest BCUT2D eigenvalue weighted by atomic mass is 9.95. The van der Waals surface area contributed by atoms with Crippen molar-refractivity contribution in [3.8, 4) is 0 Å². The fourth-order valence-electron chi connectivity index (χ4n) is 3.62. The van der Waals surface area contributed by atoms with E-state index in [-0.39, 0.29) is 23.4 Å². The number of anilines is 1. The summed E-state index contributed by atoms with van der Waals surface area (Å²) in [6, 6.07) is 11.5. The highest BCUT2D eigenvalue weighted by Gasteiger charge is 2.34. The second-order valence-electron chi connectivity index (χ2n) is 7.30. The molecule has 5 nitrogen and oxygen atoms in total. The molecule has 0 heterocycles. The van der Waals surface area contributed by atoms with Crippen molar-refractivity contribution in [3.63, 3.8) is 0 Å². The quantitative estimate of drug-likeness (QED) is 0.581. The van der Waals surface area contributed by atoms with Crippen LogP contribution in [-0.2, 0) is 14.8 Å². The lowest BCUT2D eigenvalue weighted by Crippen LogP contribution is -2.45. The number of hydrogen-bond donors (Lipinski definition) is 1. The number of hydrogen-bond acceptors (Lipinski definition) is 3. The minimum atomic E-state index is -3.79. The maximum atomic E-state index is 13.4. The number of sulfonamides is 1. The fraction of sp³-hybridized carbons (Fsp3) is 0.381. The van der Waals surface area contributed by atoms with Crippen molar-refractivity contribution >= 4 is 49.1 Å². The average molecular weight is 500 g/mol. The van der Waals surface area contributed by atoms with E-state index in [9.17, 15) is 13.2 Å². The average Bonchev–Trinajstić information content (AvgIpc) is 2.69. The molecule has 0 unspecified atom stereocenters. The molecule has 1 aliphatic rings. The van der Waals surface area contributed by atoms with Crippen LogP contribution in [0.15, 0.2) is 51.8 Å². The number of aryl methyl sites for hydroxylation is 1. The third-order valence-corrected chi connectivity index (χ3v) is 7.84. The van der Waals surface area contributed by atoms with Crippen molar-refractivity contribution in [2.24, 2.45) is 0 Å². The van der Waals surface area contributed by atoms with Gasteiger partial charge in [-0.1, -0.05) is 46.8 Å². The van der Waals surface area contributed by atoms with Gasteiger partial charge in [0.25, 0.3) is 0 Å². The Morgan fingerprint density at radius 2 is 1.79 bits per heavy atom. The molecule has 0 saturated heterocycles. The van der Waals surface area contributed by atoms with Gasteiger partial charge in [-0.05, 0) is 67.8 Å². The highest BCUT2D eigenvalue weighted by Crippen LogP contribution is 2.28. The van der Waals surface area contributed by atoms with E-state index >= 15 is 0 Å². The lowest BCUT2D eigenvalue weighted by molar-refractivity contribution is -0.116. The van der Waals surface area contributed by atoms with E-state index in [1.807, 2.05) is 6.92 Å². The van der Waals surface area contributed by atoms with Crippen LogP contribution < -0.4 is 5.32 Å². The summed E-state index contributed by atoms with van der Waals surface area (Å²) in [6.07, 6.45) is 4.56. The van der Waals surface area contributed by atoms with Crippen LogP contribution in [0.4, 0.5) is 5.69 Å². The van der Waals surface area contributed by atoms with E-state index in [4.69, 9.17) is 11.6 Å². The Morgan fingerprint density at radius 1 is 1.14 bits per heavy atom. The highest BCUT2D eigenvalue weighted by molar-refractivity contribution is 9.10. The van der Waals surface area contributed by atoms with Crippen molar-refractivity contribution in [1.29, 1.82) is 0 Å². The van der Waals surface area contributed by atoms with Gasteiger partial charge in [0.1, 0.15) is 0 Å². The zero-order chi connectivity index (χ0) is 21.0. The van der Waals surface area contributed by atoms with E-state index in [1.165, 1.54) is 4.31 Å². The zero-order valence-corrected chi connectivity index (χ0v) is 19.4. The number of nitrogens with one attached hydrogen (secondary N) is 1. The van der Waals surface area contributed by atoms with Gasteiger partial charge in [0.2, 0.25) is 15.9 Å². The summed E-state index contributed by atoms with van der Waals surface area (Å²) >= 11 is 9.31. The molecule has 0 spiro atoms. The van der Waals surface area contributed by atoms with Gasteiger partial charge in [-0.25, -0.2) is 8.42 Å². The van der Waals surface area contributed by atoms with Crippen LogP contribution in [0.3, 0.4) is 0 Å². The van der Waals surface area contributed by atoms with Crippen LogP contribution in [0.5, 0.6) is 0 Å². The molecule has 1 fully saturated rings. The van der Waals surface area contributed by atoms with Crippen LogP contribution in [-0.4, -0.2) is 31.2 Å². The number of benzene rings is 2. The van der Waals surface area contributed by atoms with Crippen molar-refractivity contribution in [1.82, 2.24) is 4.31 Å². The minimum Gasteiger partial charge on any atom is -0.325 e. The molecule has 1 N–H and O–H groups in total. The molecule has 0 atom stereocenters. The Balaban J connectivity index is 1.85. The van der Waals surface area contributed by atoms with E-state index < -0.39 is 10.0 Å². The monoisotopic (exact) mass is 498 g/mol. The molecule has 2 aromatic rings. The summed E-state index contributed by atoms with van der Waals surface area (Å²) in [4.78, 5) is 13.0. The van der Waals surface area contributed by atoms with Crippen LogP contribution in [0.1, 0.15) is 37.7 Å². The van der Waals surface area contributed by atoms with E-state index in [2.05, 4.69) is 21.2 Å². The van der Waals surface area contributed by atoms with E-state index in [0.29, 0.717) is 10.7 Å². The van der Waals surface area contributed by atoms with Gasteiger partial charge >= 0.3 is 0 Å². The van der Waals surface area contributed by atoms with Crippen LogP contribution in [0.25, 0.3) is 0 Å². The second-order valence-corrected chi connectivity index (χ2v) is 10.5. The van der Waals surface area contributed by atoms with Gasteiger partial charge in [0.15, 0.2) is 0 Å². The van der Waals surface area contributed by atoms with Crippen molar-refractivity contribution < 1.29 is 13.2 Å². The Hall–Kier alpha value is -1.41. The Bertz CT molecular complexity index is 974. The summed E-state index contributed by atoms with van der Waals surface area (Å²) in [5, 5.41) is 3.41. The topological polar surface area (TPSA) is 66.5 Å². The minimum absolute atomic E-state index is 0.172. The summed E-state index contributed by atoms with van der Waals surface area (Å²) in [5.41, 5.74) is 1.45. The summed E-state index contributed by atoms with van der Waals surface area (Å²) in [6.45, 7) is 1.63. The maximum absolute atomic E-state index is 13.4. The molecular weight excluding hydrogens is 476 g/mol. The Labute approximate surface area is 185 Å². The maximum Gasteiger partial charge on any atom is 0.243 e. The number of nitrogens with zero attached hydrogens (tertiary/aromatic N) is 1. The first-order valence-corrected chi connectivity index (χ1v) is 12.2. The largest absolute Gasteiger partial charge is 0.325 e. The predicted molar refractivity (Wildman–Crippen MR) is 120 cm³/mol. The Morgan fingerprint density at radius 3 is 2.41 bits per heavy atom. The molecule has 0 bridgehead atoms. The van der Waals surface area contributed by atoms with Crippen LogP contribution in [0, 0.1) is 6.92 Å². The molecule has 2 aromatic carbocycles. The standard InChI is InChI=1S/C21H24BrClN2O3S/c1-15-13-17(23)9-12-20(15)24-21(26)14-25(18-5-3-2-4-6-18)29(27,28)19-10-7-16(22)8-11-19/h7-13,18H,2-6,14H2,1H3,(H,24,26). The third kappa shape index (κ3) is 5.60. The predicted octanol–water partition coefficient (Wildman–Crippen LogP) is 5.37. The molecule has 0 aliphatic heterocycles. The van der Waals surface area contributed by atoms with Crippen molar-refractivity contribution in [2.75, 3.05) is 11.9 Å². The summed E-state index contributed by atoms with van der Waals surface area (Å²) in [5.74, 6) is -0.360. The van der Waals surface area contributed by atoms with E-state index in [1.54, 1.807) is 42.5 Å². The van der Waals surface area contributed by atoms with Crippen molar-refractivity contribution in [2.45, 2.75) is 50.0 Å². The molecule has 0 aromatic heterocycles. The lowest BCUT2D eigenvalue weighted by Gasteiger charge is -2.33. The normalized spacial score (nSPS) is 15.4. The number of rotatable bonds is 6. The van der Waals surface area contributed by atoms with Gasteiger partial charge in [-0.2, -0.15) is 4.31 Å². The Kier molecular flexibility index (Phi) is 7.37. The van der Waals surface area contributed by atoms with Gasteiger partial charge in [-0.3, -0.25) is 4.79 Å². The molecule has 29 heavy (non-hydrogen) atoms. The third-order valence-electron chi connectivity index (χ3n) is 5.16. The molecule has 1 saturated carbocycles. The summed E-state index contributed by atoms with van der Waals surface area (Å²) < 4.78 is 28.9. The number of halogens is 2. The first-order chi connectivity index (χ1) is 13.8. The first-order valence-electron chi connectivity index (χ1n) is 9.61. The smallest absolute Gasteiger partial charge is 0.243 e. The van der Waals surface area contributed by atoms with Crippen molar-refractivity contribution in [3.05, 3.63) is 57.5 Å². The number of carbonyl (C=O) groups excluding carboxylic acids is 1. The summed E-state index contributed by atoms with van der Waals surface area (Å²) in [7, 11) is -3.79. The first kappa shape index (κ1) is 22.3. The number of amides is 1. The molecule has 1 aliphatic carbocycles. The van der Waals surface area contributed by atoms with Gasteiger partial charge < -0.3 is 5.32 Å². The zero-order valence-electron chi connectivity index (χ0n) is 16.2. The second kappa shape index (κ2) is 9.60. The molecule has 3 rings (SSSR count). The molecule has 8 heteroatoms. The number of carbonyl (C=O) groups is 1. The SMILES string of the molecule is Cc1cc(Cl)ccc1NC(=O)CN(C1CCCCC1)S(=O)(=O)c1ccc(Br)cc1. The van der Waals surface area contributed by atoms with Gasteiger partial charge in [0.05, 0.1) is 11.4 Å². The molecule has 1 amide bonds. The molecule has 0 radical (unpaired) electrons. The van der Waals surface area contributed by atoms with E-state index in [0.717, 1.165) is 42.1 Å². The fourth-order valence-corrected chi connectivity index (χ4v) is 5.75. The highest BCUT2D eigenvalue weighted by atomic mass is 79.9. The molecule has 156 valence electrons. The van der Waals surface area contributed by atoms with Crippen LogP contribution in [0.2, 0.25) is 5.02 Å². The molecular formula is C21H24BrClN2O3S. The van der Waals surface area contributed by atoms with Crippen LogP contribution >= 0.6 is 27.5 Å².